The van der Waals surface area contributed by atoms with Gasteiger partial charge in [0, 0.05) is 32.7 Å². The molecule has 39 heavy (non-hydrogen) atoms. The Morgan fingerprint density at radius 1 is 0.949 bits per heavy atom. The maximum absolute atomic E-state index is 13.3. The molecule has 2 amide bonds. The number of benzene rings is 2. The highest BCUT2D eigenvalue weighted by Crippen LogP contribution is 2.26. The average molecular weight is 557 g/mol. The van der Waals surface area contributed by atoms with Gasteiger partial charge in [0.2, 0.25) is 11.8 Å². The van der Waals surface area contributed by atoms with Gasteiger partial charge in [0.25, 0.3) is 10.2 Å². The van der Waals surface area contributed by atoms with Crippen LogP contribution in [0.15, 0.2) is 48.5 Å². The van der Waals surface area contributed by atoms with Crippen molar-refractivity contribution in [2.45, 2.75) is 51.4 Å². The molecule has 2 atom stereocenters. The van der Waals surface area contributed by atoms with Crippen molar-refractivity contribution in [1.82, 2.24) is 18.8 Å². The predicted octanol–water partition coefficient (Wildman–Crippen LogP) is 2.30. The molecule has 1 N–H and O–H groups in total. The summed E-state index contributed by atoms with van der Waals surface area (Å²) in [5.41, 5.74) is 1.69. The number of likely N-dealkylation sites (N-methyl/N-ethyl adjacent to an activating group) is 1. The number of rotatable bonds is 3. The number of carbonyl (C=O) groups excluding carboxylic acids is 2. The van der Waals surface area contributed by atoms with Crippen molar-refractivity contribution in [3.8, 4) is 11.5 Å². The van der Waals surface area contributed by atoms with E-state index in [0.717, 1.165) is 24.0 Å². The maximum Gasteiger partial charge on any atom is 0.282 e. The van der Waals surface area contributed by atoms with Crippen LogP contribution in [0.4, 0.5) is 0 Å². The molecule has 11 heteroatoms. The minimum absolute atomic E-state index is 0.115. The van der Waals surface area contributed by atoms with Crippen molar-refractivity contribution < 1.29 is 27.5 Å². The molecule has 0 aromatic heterocycles. The van der Waals surface area contributed by atoms with Gasteiger partial charge in [0.15, 0.2) is 0 Å². The number of nitrogens with one attached hydrogen (secondary N) is 1. The number of amides is 2. The van der Waals surface area contributed by atoms with Crippen molar-refractivity contribution in [2.24, 2.45) is 0 Å². The maximum atomic E-state index is 13.3. The third kappa shape index (κ3) is 6.60. The van der Waals surface area contributed by atoms with E-state index in [-0.39, 0.29) is 44.0 Å². The van der Waals surface area contributed by atoms with Gasteiger partial charge in [-0.1, -0.05) is 24.3 Å². The van der Waals surface area contributed by atoms with E-state index in [9.17, 15) is 18.0 Å². The Morgan fingerprint density at radius 2 is 1.64 bits per heavy atom. The zero-order valence-corrected chi connectivity index (χ0v) is 23.1. The Kier molecular flexibility index (Phi) is 8.51. The van der Waals surface area contributed by atoms with Crippen LogP contribution in [0.3, 0.4) is 0 Å². The van der Waals surface area contributed by atoms with Crippen LogP contribution in [0.2, 0.25) is 0 Å². The largest absolute Gasteiger partial charge is 0.457 e. The molecule has 3 aliphatic rings. The van der Waals surface area contributed by atoms with E-state index in [2.05, 4.69) is 5.32 Å². The molecule has 2 aromatic rings. The van der Waals surface area contributed by atoms with Gasteiger partial charge in [-0.25, -0.2) is 0 Å². The fraction of sp³-hybridized carbons (Fsp3) is 0.500. The van der Waals surface area contributed by atoms with Gasteiger partial charge < -0.3 is 19.7 Å². The summed E-state index contributed by atoms with van der Waals surface area (Å²) in [6.45, 7) is 3.83. The van der Waals surface area contributed by atoms with Crippen molar-refractivity contribution >= 4 is 22.0 Å². The van der Waals surface area contributed by atoms with E-state index in [1.165, 1.54) is 13.5 Å². The average Bonchev–Trinajstić information content (AvgIpc) is 3.47. The molecule has 2 fully saturated rings. The smallest absolute Gasteiger partial charge is 0.282 e. The molecule has 3 aliphatic heterocycles. The molecule has 2 saturated heterocycles. The second-order valence-corrected chi connectivity index (χ2v) is 12.2. The quantitative estimate of drug-likeness (QED) is 0.622. The lowest BCUT2D eigenvalue weighted by molar-refractivity contribution is -0.136. The number of hydrogen-bond acceptors (Lipinski definition) is 6. The summed E-state index contributed by atoms with van der Waals surface area (Å²) in [7, 11) is -3.62. The topological polar surface area (TPSA) is 108 Å². The minimum Gasteiger partial charge on any atom is -0.457 e. The second kappa shape index (κ2) is 12.0. The number of nitrogens with zero attached hydrogens (tertiary/aromatic N) is 3. The van der Waals surface area contributed by atoms with E-state index in [0.29, 0.717) is 44.1 Å². The highest BCUT2D eigenvalue weighted by Gasteiger charge is 2.39. The van der Waals surface area contributed by atoms with E-state index in [4.69, 9.17) is 9.47 Å². The Morgan fingerprint density at radius 3 is 2.36 bits per heavy atom. The van der Waals surface area contributed by atoms with Crippen molar-refractivity contribution in [2.75, 3.05) is 39.3 Å². The van der Waals surface area contributed by atoms with E-state index in [1.54, 1.807) is 0 Å². The van der Waals surface area contributed by atoms with Gasteiger partial charge >= 0.3 is 0 Å². The first-order valence-corrected chi connectivity index (χ1v) is 15.0. The summed E-state index contributed by atoms with van der Waals surface area (Å²) in [4.78, 5) is 27.8. The van der Waals surface area contributed by atoms with Gasteiger partial charge in [0.1, 0.15) is 11.5 Å². The molecule has 5 rings (SSSR count). The molecule has 10 nitrogen and oxygen atoms in total. The Balaban J connectivity index is 1.40. The van der Waals surface area contributed by atoms with Crippen LogP contribution >= 0.6 is 0 Å². The monoisotopic (exact) mass is 556 g/mol. The summed E-state index contributed by atoms with van der Waals surface area (Å²) in [6.07, 6.45) is 1.89. The first-order valence-electron chi connectivity index (χ1n) is 13.6. The van der Waals surface area contributed by atoms with Gasteiger partial charge in [-0.15, -0.1) is 0 Å². The van der Waals surface area contributed by atoms with Crippen LogP contribution in [0.5, 0.6) is 11.5 Å². The fourth-order valence-electron chi connectivity index (χ4n) is 5.38. The highest BCUT2D eigenvalue weighted by molar-refractivity contribution is 7.86. The summed E-state index contributed by atoms with van der Waals surface area (Å²) in [5, 5.41) is 3.00. The number of piperidine rings is 1. The van der Waals surface area contributed by atoms with Crippen LogP contribution in [0, 0.1) is 0 Å². The number of carbonyl (C=O) groups is 2. The summed E-state index contributed by atoms with van der Waals surface area (Å²) in [6, 6.07) is 14.4. The Bertz CT molecular complexity index is 1300. The van der Waals surface area contributed by atoms with Crippen molar-refractivity contribution in [1.29, 1.82) is 0 Å². The molecular formula is C28H36N4O6S. The minimum atomic E-state index is -3.62. The van der Waals surface area contributed by atoms with E-state index < -0.39 is 16.3 Å². The first-order chi connectivity index (χ1) is 18.8. The normalized spacial score (nSPS) is 24.0. The highest BCUT2D eigenvalue weighted by atomic mass is 32.2. The molecule has 0 spiro atoms. The lowest BCUT2D eigenvalue weighted by Crippen LogP contribution is -2.59. The third-order valence-corrected chi connectivity index (χ3v) is 9.50. The van der Waals surface area contributed by atoms with Gasteiger partial charge in [0.05, 0.1) is 31.7 Å². The molecule has 0 radical (unpaired) electrons. The third-order valence-electron chi connectivity index (χ3n) is 7.50. The summed E-state index contributed by atoms with van der Waals surface area (Å²) < 4.78 is 41.9. The van der Waals surface area contributed by atoms with Crippen LogP contribution in [0.1, 0.15) is 37.3 Å². The van der Waals surface area contributed by atoms with E-state index >= 15 is 0 Å². The molecular weight excluding hydrogens is 520 g/mol. The van der Waals surface area contributed by atoms with Gasteiger partial charge in [-0.2, -0.15) is 17.0 Å². The zero-order valence-electron chi connectivity index (χ0n) is 22.3. The van der Waals surface area contributed by atoms with Crippen LogP contribution < -0.4 is 10.1 Å². The Labute approximate surface area is 230 Å². The SMILES string of the molecule is CCN1CC(=O)N[C@H]2CN(S(=O)(=O)N3CCCC3)CC[C@@H]2OCc2cccc(c2)Oc2cccc(c2)CC1=O. The van der Waals surface area contributed by atoms with Gasteiger partial charge in [-0.05, 0) is 61.6 Å². The van der Waals surface area contributed by atoms with Crippen LogP contribution in [0.25, 0.3) is 0 Å². The summed E-state index contributed by atoms with van der Waals surface area (Å²) in [5.74, 6) is 0.754. The van der Waals surface area contributed by atoms with Crippen molar-refractivity contribution in [3.05, 3.63) is 59.7 Å². The molecule has 210 valence electrons. The lowest BCUT2D eigenvalue weighted by atomic mass is 10.0. The van der Waals surface area contributed by atoms with E-state index in [1.807, 2.05) is 55.5 Å². The predicted molar refractivity (Wildman–Crippen MR) is 145 cm³/mol. The summed E-state index contributed by atoms with van der Waals surface area (Å²) >= 11 is 0. The Hall–Kier alpha value is -2.99. The molecule has 2 aromatic carbocycles. The molecule has 0 aliphatic carbocycles. The lowest BCUT2D eigenvalue weighted by Gasteiger charge is -2.39. The fourth-order valence-corrected chi connectivity index (χ4v) is 7.11. The van der Waals surface area contributed by atoms with Crippen molar-refractivity contribution in [3.63, 3.8) is 0 Å². The van der Waals surface area contributed by atoms with Crippen LogP contribution in [-0.2, 0) is 37.6 Å². The first kappa shape index (κ1) is 27.6. The number of hydrogen-bond donors (Lipinski definition) is 1. The number of fused-ring (bicyclic) bond motifs is 5. The standard InChI is InChI=1S/C28H36N4O6S/c1-2-30-19-27(33)29-25-18-32(39(35,36)31-12-3-4-13-31)14-11-26(25)37-20-22-8-6-10-24(16-22)38-23-9-5-7-21(15-23)17-28(30)34/h5-10,15-16,25-26H,2-4,11-14,17-20H2,1H3,(H,29,33)/t25-,26-/m0/s1. The second-order valence-electron chi connectivity index (χ2n) is 10.3. The molecule has 0 saturated carbocycles. The molecule has 3 heterocycles. The van der Waals surface area contributed by atoms with Crippen LogP contribution in [-0.4, -0.2) is 85.2 Å². The zero-order chi connectivity index (χ0) is 27.4. The molecule has 0 unspecified atom stereocenters. The molecule has 4 bridgehead atoms. The van der Waals surface area contributed by atoms with Gasteiger partial charge in [-0.3, -0.25) is 9.59 Å². The number of ether oxygens (including phenoxy) is 2.